The predicted molar refractivity (Wildman–Crippen MR) is 99.9 cm³/mol. The van der Waals surface area contributed by atoms with Crippen molar-refractivity contribution in [2.75, 3.05) is 24.5 Å². The van der Waals surface area contributed by atoms with Gasteiger partial charge in [-0.1, -0.05) is 6.07 Å². The number of carbonyl (C=O) groups is 3. The number of aryl methyl sites for hydroxylation is 1. The number of carboxylic acid groups (broad SMARTS) is 1. The standard InChI is InChI=1S/C17H17N5O2.C2HF3O2/c1-11-3-2-4-15(20-11)17(24)21-7-12-8-22(16(23)14(12)9-21)13-5-18-10-19-6-13;3-2(4,5)1(6)7/h2-6,10,12,14H,7-9H2,1H3;(H,6,7)/t12-,14-;/m0./s1. The molecule has 0 aliphatic carbocycles. The molecule has 31 heavy (non-hydrogen) atoms. The molecule has 2 aliphatic rings. The van der Waals surface area contributed by atoms with Crippen LogP contribution in [0.15, 0.2) is 36.9 Å². The number of hydrogen-bond donors (Lipinski definition) is 1. The highest BCUT2D eigenvalue weighted by molar-refractivity contribution is 5.99. The van der Waals surface area contributed by atoms with Gasteiger partial charge in [0.05, 0.1) is 24.0 Å². The number of hydrogen-bond acceptors (Lipinski definition) is 6. The molecule has 4 heterocycles. The predicted octanol–water partition coefficient (Wildman–Crippen LogP) is 1.55. The molecule has 2 fully saturated rings. The van der Waals surface area contributed by atoms with Gasteiger partial charge in [-0.2, -0.15) is 13.2 Å². The van der Waals surface area contributed by atoms with Crippen LogP contribution in [0.3, 0.4) is 0 Å². The first-order valence-corrected chi connectivity index (χ1v) is 9.17. The Labute approximate surface area is 174 Å². The molecule has 0 unspecified atom stereocenters. The van der Waals surface area contributed by atoms with Crippen molar-refractivity contribution in [1.82, 2.24) is 19.9 Å². The molecule has 2 aliphatic heterocycles. The van der Waals surface area contributed by atoms with Crippen molar-refractivity contribution in [2.24, 2.45) is 11.8 Å². The third-order valence-electron chi connectivity index (χ3n) is 4.94. The van der Waals surface area contributed by atoms with Gasteiger partial charge in [0.2, 0.25) is 5.91 Å². The number of carboxylic acids is 1. The van der Waals surface area contributed by atoms with E-state index >= 15 is 0 Å². The summed E-state index contributed by atoms with van der Waals surface area (Å²) in [6.45, 7) is 3.48. The maximum atomic E-state index is 12.7. The SMILES string of the molecule is Cc1cccc(C(=O)N2C[C@H]3CN(c4cncnc4)C(=O)[C@H]3C2)n1.O=C(O)C(F)(F)F. The maximum Gasteiger partial charge on any atom is 0.490 e. The minimum Gasteiger partial charge on any atom is -0.475 e. The van der Waals surface area contributed by atoms with Gasteiger partial charge in [0, 0.05) is 31.2 Å². The Kier molecular flexibility index (Phi) is 6.18. The molecule has 2 amide bonds. The Morgan fingerprint density at radius 3 is 2.32 bits per heavy atom. The first-order chi connectivity index (χ1) is 14.6. The van der Waals surface area contributed by atoms with Gasteiger partial charge in [-0.15, -0.1) is 0 Å². The minimum absolute atomic E-state index is 0.0438. The van der Waals surface area contributed by atoms with Gasteiger partial charge in [0.25, 0.3) is 5.91 Å². The normalized spacial score (nSPS) is 20.2. The monoisotopic (exact) mass is 437 g/mol. The molecule has 0 bridgehead atoms. The van der Waals surface area contributed by atoms with Crippen LogP contribution in [0.2, 0.25) is 0 Å². The number of pyridine rings is 1. The van der Waals surface area contributed by atoms with E-state index in [9.17, 15) is 22.8 Å². The highest BCUT2D eigenvalue weighted by Crippen LogP contribution is 2.35. The van der Waals surface area contributed by atoms with Gasteiger partial charge >= 0.3 is 12.1 Å². The van der Waals surface area contributed by atoms with Crippen LogP contribution in [0.1, 0.15) is 16.2 Å². The number of rotatable bonds is 2. The molecule has 12 heteroatoms. The molecule has 9 nitrogen and oxygen atoms in total. The van der Waals surface area contributed by atoms with E-state index in [1.165, 1.54) is 6.33 Å². The van der Waals surface area contributed by atoms with Crippen molar-refractivity contribution < 1.29 is 32.7 Å². The molecule has 164 valence electrons. The van der Waals surface area contributed by atoms with Gasteiger partial charge in [0.15, 0.2) is 0 Å². The van der Waals surface area contributed by atoms with E-state index in [1.807, 2.05) is 19.1 Å². The van der Waals surface area contributed by atoms with E-state index in [-0.39, 0.29) is 23.7 Å². The number of anilines is 1. The first kappa shape index (κ1) is 22.1. The smallest absolute Gasteiger partial charge is 0.475 e. The zero-order chi connectivity index (χ0) is 22.8. The Bertz CT molecular complexity index is 986. The number of fused-ring (bicyclic) bond motifs is 1. The summed E-state index contributed by atoms with van der Waals surface area (Å²) in [5, 5.41) is 7.12. The number of aromatic nitrogens is 3. The summed E-state index contributed by atoms with van der Waals surface area (Å²) < 4.78 is 31.7. The second kappa shape index (κ2) is 8.66. The first-order valence-electron chi connectivity index (χ1n) is 9.17. The van der Waals surface area contributed by atoms with Crippen LogP contribution in [0.4, 0.5) is 18.9 Å². The van der Waals surface area contributed by atoms with E-state index in [1.54, 1.807) is 28.3 Å². The number of alkyl halides is 3. The Morgan fingerprint density at radius 1 is 1.13 bits per heavy atom. The van der Waals surface area contributed by atoms with Crippen LogP contribution in [0, 0.1) is 18.8 Å². The van der Waals surface area contributed by atoms with Crippen LogP contribution in [0.25, 0.3) is 0 Å². The summed E-state index contributed by atoms with van der Waals surface area (Å²) in [4.78, 5) is 49.9. The fraction of sp³-hybridized carbons (Fsp3) is 0.368. The fourth-order valence-electron chi connectivity index (χ4n) is 3.51. The average molecular weight is 437 g/mol. The lowest BCUT2D eigenvalue weighted by atomic mass is 10.0. The molecular formula is C19H18F3N5O4. The van der Waals surface area contributed by atoms with Crippen molar-refractivity contribution >= 4 is 23.5 Å². The lowest BCUT2D eigenvalue weighted by molar-refractivity contribution is -0.192. The van der Waals surface area contributed by atoms with Gasteiger partial charge in [-0.05, 0) is 19.1 Å². The minimum atomic E-state index is -5.08. The Morgan fingerprint density at radius 2 is 1.77 bits per heavy atom. The van der Waals surface area contributed by atoms with Gasteiger partial charge < -0.3 is 14.9 Å². The second-order valence-corrected chi connectivity index (χ2v) is 7.09. The lowest BCUT2D eigenvalue weighted by Gasteiger charge is -2.21. The summed E-state index contributed by atoms with van der Waals surface area (Å²) >= 11 is 0. The van der Waals surface area contributed by atoms with E-state index in [2.05, 4.69) is 15.0 Å². The second-order valence-electron chi connectivity index (χ2n) is 7.09. The average Bonchev–Trinajstić information content (AvgIpc) is 3.27. The van der Waals surface area contributed by atoms with Crippen LogP contribution in [0.5, 0.6) is 0 Å². The van der Waals surface area contributed by atoms with Gasteiger partial charge in [0.1, 0.15) is 12.0 Å². The molecule has 2 aromatic heterocycles. The number of likely N-dealkylation sites (tertiary alicyclic amines) is 1. The summed E-state index contributed by atoms with van der Waals surface area (Å²) in [6, 6.07) is 5.41. The zero-order valence-corrected chi connectivity index (χ0v) is 16.3. The molecule has 0 spiro atoms. The number of carbonyl (C=O) groups excluding carboxylic acids is 2. The zero-order valence-electron chi connectivity index (χ0n) is 16.3. The van der Waals surface area contributed by atoms with Crippen LogP contribution < -0.4 is 4.90 Å². The molecule has 4 rings (SSSR count). The Hall–Kier alpha value is -3.57. The van der Waals surface area contributed by atoms with Crippen molar-refractivity contribution in [3.8, 4) is 0 Å². The van der Waals surface area contributed by atoms with Crippen LogP contribution in [-0.2, 0) is 9.59 Å². The summed E-state index contributed by atoms with van der Waals surface area (Å²) in [5.74, 6) is -2.82. The van der Waals surface area contributed by atoms with Crippen molar-refractivity contribution in [3.05, 3.63) is 48.3 Å². The van der Waals surface area contributed by atoms with E-state index in [0.29, 0.717) is 25.3 Å². The number of aliphatic carboxylic acids is 1. The highest BCUT2D eigenvalue weighted by Gasteiger charge is 2.48. The molecule has 1 N–H and O–H groups in total. The molecule has 2 saturated heterocycles. The highest BCUT2D eigenvalue weighted by atomic mass is 19.4. The maximum absolute atomic E-state index is 12.7. The quantitative estimate of drug-likeness (QED) is 0.758. The molecule has 0 aromatic carbocycles. The number of nitrogens with zero attached hydrogens (tertiary/aromatic N) is 5. The lowest BCUT2D eigenvalue weighted by Crippen LogP contribution is -2.36. The summed E-state index contributed by atoms with van der Waals surface area (Å²) in [5.41, 5.74) is 1.97. The van der Waals surface area contributed by atoms with Gasteiger partial charge in [-0.25, -0.2) is 19.7 Å². The molecule has 2 atom stereocenters. The van der Waals surface area contributed by atoms with Crippen molar-refractivity contribution in [1.29, 1.82) is 0 Å². The fourth-order valence-corrected chi connectivity index (χ4v) is 3.51. The number of amides is 2. The number of halogens is 3. The third kappa shape index (κ3) is 4.95. The van der Waals surface area contributed by atoms with Crippen molar-refractivity contribution in [3.63, 3.8) is 0 Å². The molecule has 2 aromatic rings. The van der Waals surface area contributed by atoms with E-state index in [4.69, 9.17) is 9.90 Å². The van der Waals surface area contributed by atoms with Gasteiger partial charge in [-0.3, -0.25) is 9.59 Å². The largest absolute Gasteiger partial charge is 0.490 e. The van der Waals surface area contributed by atoms with Crippen LogP contribution >= 0.6 is 0 Å². The van der Waals surface area contributed by atoms with E-state index < -0.39 is 12.1 Å². The van der Waals surface area contributed by atoms with Crippen molar-refractivity contribution in [2.45, 2.75) is 13.1 Å². The molecule has 0 radical (unpaired) electrons. The summed E-state index contributed by atoms with van der Waals surface area (Å²) in [7, 11) is 0. The van der Waals surface area contributed by atoms with E-state index in [0.717, 1.165) is 11.4 Å². The molecule has 0 saturated carbocycles. The topological polar surface area (TPSA) is 117 Å². The molecular weight excluding hydrogens is 419 g/mol. The Balaban J connectivity index is 0.000000339. The third-order valence-corrected chi connectivity index (χ3v) is 4.94. The van der Waals surface area contributed by atoms with Crippen LogP contribution in [-0.4, -0.2) is 68.6 Å². The summed E-state index contributed by atoms with van der Waals surface area (Å²) in [6.07, 6.45) is -0.350.